The minimum atomic E-state index is -0.0617. The lowest BCUT2D eigenvalue weighted by atomic mass is 10.7. The highest BCUT2D eigenvalue weighted by Crippen LogP contribution is 1.78. The van der Waals surface area contributed by atoms with Gasteiger partial charge in [-0.25, -0.2) is 4.79 Å². The van der Waals surface area contributed by atoms with Gasteiger partial charge in [-0.05, 0) is 0 Å². The molecule has 5 heteroatoms. The second kappa shape index (κ2) is 7.83. The Morgan fingerprint density at radius 3 is 1.80 bits per heavy atom. The first-order valence-electron chi connectivity index (χ1n) is 2.95. The number of alkyl halides is 2. The molecular weight excluding hydrogens is 358 g/mol. The second-order valence-corrected chi connectivity index (χ2v) is 3.72. The highest BCUT2D eigenvalue weighted by atomic mass is 127. The molecule has 0 rings (SSSR count). The van der Waals surface area contributed by atoms with Crippen LogP contribution in [0.25, 0.3) is 0 Å². The molecule has 0 bridgehead atoms. The molecule has 2 amide bonds. The van der Waals surface area contributed by atoms with Crippen LogP contribution >= 0.6 is 45.2 Å². The first kappa shape index (κ1) is 10.7. The van der Waals surface area contributed by atoms with Gasteiger partial charge in [-0.2, -0.15) is 0 Å². The minimum absolute atomic E-state index is 0.0617. The molecule has 10 heavy (non-hydrogen) atoms. The van der Waals surface area contributed by atoms with Crippen LogP contribution in [-0.4, -0.2) is 28.0 Å². The van der Waals surface area contributed by atoms with Crippen LogP contribution in [0, 0.1) is 0 Å². The molecule has 0 heterocycles. The maximum Gasteiger partial charge on any atom is 0.314 e. The topological polar surface area (TPSA) is 41.1 Å². The van der Waals surface area contributed by atoms with Gasteiger partial charge in [0.15, 0.2) is 0 Å². The van der Waals surface area contributed by atoms with E-state index in [-0.39, 0.29) is 6.03 Å². The molecule has 0 aromatic rings. The average Bonchev–Trinajstić information content (AvgIpc) is 1.97. The molecule has 0 unspecified atom stereocenters. The van der Waals surface area contributed by atoms with Gasteiger partial charge in [0, 0.05) is 21.9 Å². The number of rotatable bonds is 4. The lowest BCUT2D eigenvalue weighted by molar-refractivity contribution is 0.242. The number of carbonyl (C=O) groups excluding carboxylic acids is 1. The largest absolute Gasteiger partial charge is 0.337 e. The summed E-state index contributed by atoms with van der Waals surface area (Å²) in [6.45, 7) is 1.49. The van der Waals surface area contributed by atoms with Crippen LogP contribution in [0.15, 0.2) is 0 Å². The molecule has 0 spiro atoms. The van der Waals surface area contributed by atoms with E-state index >= 15 is 0 Å². The fraction of sp³-hybridized carbons (Fsp3) is 0.800. The number of hydrogen-bond donors (Lipinski definition) is 2. The van der Waals surface area contributed by atoms with Gasteiger partial charge in [-0.15, -0.1) is 0 Å². The van der Waals surface area contributed by atoms with Gasteiger partial charge in [-0.1, -0.05) is 45.2 Å². The zero-order valence-electron chi connectivity index (χ0n) is 5.49. The molecule has 2 N–H and O–H groups in total. The van der Waals surface area contributed by atoms with Crippen molar-refractivity contribution in [1.82, 2.24) is 10.6 Å². The smallest absolute Gasteiger partial charge is 0.314 e. The van der Waals surface area contributed by atoms with Gasteiger partial charge in [-0.3, -0.25) is 0 Å². The molecular formula is C5H10I2N2O. The van der Waals surface area contributed by atoms with Crippen LogP contribution in [0.5, 0.6) is 0 Å². The number of hydrogen-bond acceptors (Lipinski definition) is 1. The molecule has 0 aromatic heterocycles. The van der Waals surface area contributed by atoms with Crippen molar-refractivity contribution in [2.24, 2.45) is 0 Å². The summed E-state index contributed by atoms with van der Waals surface area (Å²) in [5, 5.41) is 5.41. The van der Waals surface area contributed by atoms with E-state index in [1.165, 1.54) is 0 Å². The minimum Gasteiger partial charge on any atom is -0.337 e. The van der Waals surface area contributed by atoms with Crippen molar-refractivity contribution >= 4 is 51.2 Å². The van der Waals surface area contributed by atoms with E-state index in [4.69, 9.17) is 0 Å². The second-order valence-electron chi connectivity index (χ2n) is 1.56. The molecule has 0 aliphatic heterocycles. The Kier molecular flexibility index (Phi) is 8.40. The van der Waals surface area contributed by atoms with E-state index in [9.17, 15) is 4.79 Å². The van der Waals surface area contributed by atoms with Crippen LogP contribution in [0.4, 0.5) is 4.79 Å². The van der Waals surface area contributed by atoms with Crippen molar-refractivity contribution in [2.75, 3.05) is 21.9 Å². The van der Waals surface area contributed by atoms with Crippen molar-refractivity contribution in [1.29, 1.82) is 0 Å². The van der Waals surface area contributed by atoms with Crippen molar-refractivity contribution in [3.63, 3.8) is 0 Å². The summed E-state index contributed by atoms with van der Waals surface area (Å²) >= 11 is 4.43. The summed E-state index contributed by atoms with van der Waals surface area (Å²) in [4.78, 5) is 10.7. The third kappa shape index (κ3) is 6.84. The Labute approximate surface area is 88.0 Å². The highest BCUT2D eigenvalue weighted by Gasteiger charge is 1.94. The third-order valence-corrected chi connectivity index (χ3v) is 1.84. The average molecular weight is 368 g/mol. The predicted octanol–water partition coefficient (Wildman–Crippen LogP) is 1.16. The lowest BCUT2D eigenvalue weighted by Crippen LogP contribution is -2.37. The van der Waals surface area contributed by atoms with E-state index < -0.39 is 0 Å². The zero-order chi connectivity index (χ0) is 7.82. The number of amides is 2. The summed E-state index contributed by atoms with van der Waals surface area (Å²) < 4.78 is 1.91. The first-order chi connectivity index (χ1) is 4.81. The molecule has 0 fully saturated rings. The van der Waals surface area contributed by atoms with E-state index in [2.05, 4.69) is 55.8 Å². The van der Waals surface area contributed by atoms with Crippen molar-refractivity contribution in [2.45, 2.75) is 0 Å². The van der Waals surface area contributed by atoms with Crippen molar-refractivity contribution in [3.8, 4) is 0 Å². The van der Waals surface area contributed by atoms with E-state index in [1.54, 1.807) is 0 Å². The van der Waals surface area contributed by atoms with Crippen molar-refractivity contribution < 1.29 is 4.79 Å². The van der Waals surface area contributed by atoms with Gasteiger partial charge < -0.3 is 10.6 Å². The lowest BCUT2D eigenvalue weighted by Gasteiger charge is -2.02. The highest BCUT2D eigenvalue weighted by molar-refractivity contribution is 14.1. The van der Waals surface area contributed by atoms with Crippen molar-refractivity contribution in [3.05, 3.63) is 0 Å². The Morgan fingerprint density at radius 2 is 1.50 bits per heavy atom. The molecule has 0 saturated carbocycles. The summed E-state index contributed by atoms with van der Waals surface area (Å²) in [5.74, 6) is 0. The van der Waals surface area contributed by atoms with Gasteiger partial charge >= 0.3 is 6.03 Å². The first-order valence-corrected chi connectivity index (χ1v) is 6.00. The summed E-state index contributed by atoms with van der Waals surface area (Å²) in [5.41, 5.74) is 0. The van der Waals surface area contributed by atoms with Crippen LogP contribution in [0.3, 0.4) is 0 Å². The SMILES string of the molecule is O=C(NCCI)NCCI. The Morgan fingerprint density at radius 1 is 1.10 bits per heavy atom. The Hall–Kier alpha value is 0.730. The van der Waals surface area contributed by atoms with Crippen LogP contribution in [0.2, 0.25) is 0 Å². The van der Waals surface area contributed by atoms with E-state index in [0.29, 0.717) is 0 Å². The molecule has 0 aliphatic rings. The van der Waals surface area contributed by atoms with Crippen LogP contribution in [-0.2, 0) is 0 Å². The monoisotopic (exact) mass is 368 g/mol. The van der Waals surface area contributed by atoms with E-state index in [1.807, 2.05) is 0 Å². The summed E-state index contributed by atoms with van der Waals surface area (Å²) in [6, 6.07) is -0.0617. The molecule has 0 aromatic carbocycles. The zero-order valence-corrected chi connectivity index (χ0v) is 9.81. The van der Waals surface area contributed by atoms with Gasteiger partial charge in [0.1, 0.15) is 0 Å². The molecule has 0 saturated heterocycles. The number of urea groups is 1. The Balaban J connectivity index is 3.09. The van der Waals surface area contributed by atoms with Gasteiger partial charge in [0.05, 0.1) is 0 Å². The number of carbonyl (C=O) groups is 1. The number of halogens is 2. The van der Waals surface area contributed by atoms with Crippen LogP contribution < -0.4 is 10.6 Å². The maximum atomic E-state index is 10.7. The predicted molar refractivity (Wildman–Crippen MR) is 59.2 cm³/mol. The fourth-order valence-corrected chi connectivity index (χ4v) is 0.923. The summed E-state index contributed by atoms with van der Waals surface area (Å²) in [7, 11) is 0. The van der Waals surface area contributed by atoms with Crippen LogP contribution in [0.1, 0.15) is 0 Å². The van der Waals surface area contributed by atoms with Gasteiger partial charge in [0.2, 0.25) is 0 Å². The molecule has 0 atom stereocenters. The quantitative estimate of drug-likeness (QED) is 0.568. The normalized spacial score (nSPS) is 9.00. The van der Waals surface area contributed by atoms with E-state index in [0.717, 1.165) is 21.9 Å². The Bertz CT molecular complexity index is 89.6. The summed E-state index contributed by atoms with van der Waals surface area (Å²) in [6.07, 6.45) is 0. The standard InChI is InChI=1S/C5H10I2N2O/c6-1-3-8-5(10)9-4-2-7/h1-4H2,(H2,8,9,10). The molecule has 60 valence electrons. The molecule has 0 radical (unpaired) electrons. The van der Waals surface area contributed by atoms with Gasteiger partial charge in [0.25, 0.3) is 0 Å². The molecule has 0 aliphatic carbocycles. The number of nitrogens with one attached hydrogen (secondary N) is 2. The fourth-order valence-electron chi connectivity index (χ4n) is 0.384. The third-order valence-electron chi connectivity index (χ3n) is 0.760. The molecule has 3 nitrogen and oxygen atoms in total. The maximum absolute atomic E-state index is 10.7.